The summed E-state index contributed by atoms with van der Waals surface area (Å²) in [5.41, 5.74) is 0.140. The van der Waals surface area contributed by atoms with Crippen LogP contribution in [-0.2, 0) is 0 Å². The van der Waals surface area contributed by atoms with Crippen molar-refractivity contribution < 1.29 is 13.6 Å². The molecule has 0 aliphatic heterocycles. The van der Waals surface area contributed by atoms with E-state index in [9.17, 15) is 13.6 Å². The lowest BCUT2D eigenvalue weighted by atomic mass is 10.1. The summed E-state index contributed by atoms with van der Waals surface area (Å²) in [7, 11) is 0. The molecule has 0 N–H and O–H groups in total. The van der Waals surface area contributed by atoms with Crippen molar-refractivity contribution in [2.75, 3.05) is 0 Å². The van der Waals surface area contributed by atoms with Crippen LogP contribution in [0.5, 0.6) is 0 Å². The first-order chi connectivity index (χ1) is 6.56. The predicted molar refractivity (Wildman–Crippen MR) is 51.0 cm³/mol. The summed E-state index contributed by atoms with van der Waals surface area (Å²) in [6.45, 7) is 1.69. The van der Waals surface area contributed by atoms with Gasteiger partial charge in [0.15, 0.2) is 5.78 Å². The second kappa shape index (κ2) is 4.51. The van der Waals surface area contributed by atoms with Crippen LogP contribution in [0.2, 0.25) is 5.02 Å². The number of hydrogen-bond acceptors (Lipinski definition) is 1. The number of ketones is 1. The third-order valence-corrected chi connectivity index (χ3v) is 2.18. The normalized spacial score (nSPS) is 10.6. The van der Waals surface area contributed by atoms with Crippen molar-refractivity contribution >= 4 is 17.4 Å². The Bertz CT molecular complexity index is 350. The maximum Gasteiger partial charge on any atom is 0.263 e. The second-order valence-corrected chi connectivity index (χ2v) is 3.22. The molecular formula is C10H9ClF2O. The number of carbonyl (C=O) groups excluding carboxylic acids is 1. The highest BCUT2D eigenvalue weighted by molar-refractivity contribution is 6.34. The Morgan fingerprint density at radius 1 is 1.50 bits per heavy atom. The highest BCUT2D eigenvalue weighted by Gasteiger charge is 2.12. The van der Waals surface area contributed by atoms with Crippen molar-refractivity contribution in [1.82, 2.24) is 0 Å². The molecule has 1 aromatic rings. The average molecular weight is 219 g/mol. The number of carbonyl (C=O) groups is 1. The van der Waals surface area contributed by atoms with Gasteiger partial charge in [0.2, 0.25) is 0 Å². The molecule has 0 radical (unpaired) electrons. The zero-order valence-corrected chi connectivity index (χ0v) is 8.31. The van der Waals surface area contributed by atoms with E-state index in [0.717, 1.165) is 6.07 Å². The topological polar surface area (TPSA) is 17.1 Å². The SMILES string of the molecule is CCC(=O)c1ccc(C(F)F)cc1Cl. The quantitative estimate of drug-likeness (QED) is 0.704. The Morgan fingerprint density at radius 3 is 2.57 bits per heavy atom. The number of hydrogen-bond donors (Lipinski definition) is 0. The Balaban J connectivity index is 3.07. The van der Waals surface area contributed by atoms with Crippen molar-refractivity contribution in [2.24, 2.45) is 0 Å². The van der Waals surface area contributed by atoms with Gasteiger partial charge in [0.05, 0.1) is 5.02 Å². The average Bonchev–Trinajstić information content (AvgIpc) is 2.16. The van der Waals surface area contributed by atoms with Gasteiger partial charge in [-0.2, -0.15) is 0 Å². The van der Waals surface area contributed by atoms with Gasteiger partial charge in [-0.25, -0.2) is 8.78 Å². The highest BCUT2D eigenvalue weighted by Crippen LogP contribution is 2.25. The third kappa shape index (κ3) is 2.29. The molecule has 0 spiro atoms. The Labute approximate surface area is 85.7 Å². The van der Waals surface area contributed by atoms with E-state index >= 15 is 0 Å². The first kappa shape index (κ1) is 11.1. The van der Waals surface area contributed by atoms with Crippen LogP contribution in [0.4, 0.5) is 8.78 Å². The number of Topliss-reactive ketones (excluding diaryl/α,β-unsaturated/α-hetero) is 1. The lowest BCUT2D eigenvalue weighted by Crippen LogP contribution is -1.98. The van der Waals surface area contributed by atoms with Gasteiger partial charge in [-0.3, -0.25) is 4.79 Å². The van der Waals surface area contributed by atoms with E-state index in [4.69, 9.17) is 11.6 Å². The van der Waals surface area contributed by atoms with Crippen LogP contribution in [0, 0.1) is 0 Å². The van der Waals surface area contributed by atoms with Gasteiger partial charge >= 0.3 is 0 Å². The van der Waals surface area contributed by atoms with Crippen molar-refractivity contribution in [3.63, 3.8) is 0 Å². The fourth-order valence-electron chi connectivity index (χ4n) is 1.08. The Kier molecular flexibility index (Phi) is 3.58. The number of rotatable bonds is 3. The minimum absolute atomic E-state index is 0.0923. The molecular weight excluding hydrogens is 210 g/mol. The summed E-state index contributed by atoms with van der Waals surface area (Å²) >= 11 is 5.69. The molecule has 1 rings (SSSR count). The first-order valence-corrected chi connectivity index (χ1v) is 4.54. The number of alkyl halides is 2. The minimum atomic E-state index is -2.56. The molecule has 0 atom stereocenters. The summed E-state index contributed by atoms with van der Waals surface area (Å²) < 4.78 is 24.4. The Hall–Kier alpha value is -0.960. The van der Waals surface area contributed by atoms with Gasteiger partial charge in [0.25, 0.3) is 6.43 Å². The fraction of sp³-hybridized carbons (Fsp3) is 0.300. The maximum absolute atomic E-state index is 12.2. The van der Waals surface area contributed by atoms with Gasteiger partial charge in [0, 0.05) is 17.5 Å². The molecule has 0 saturated carbocycles. The van der Waals surface area contributed by atoms with E-state index in [1.807, 2.05) is 0 Å². The fourth-order valence-corrected chi connectivity index (χ4v) is 1.38. The molecule has 0 unspecified atom stereocenters. The van der Waals surface area contributed by atoms with Crippen molar-refractivity contribution in [1.29, 1.82) is 0 Å². The van der Waals surface area contributed by atoms with Crippen LogP contribution < -0.4 is 0 Å². The molecule has 4 heteroatoms. The van der Waals surface area contributed by atoms with Crippen LogP contribution in [-0.4, -0.2) is 5.78 Å². The van der Waals surface area contributed by atoms with E-state index in [2.05, 4.69) is 0 Å². The molecule has 0 fully saturated rings. The largest absolute Gasteiger partial charge is 0.294 e. The second-order valence-electron chi connectivity index (χ2n) is 2.82. The van der Waals surface area contributed by atoms with Crippen LogP contribution in [0.3, 0.4) is 0 Å². The van der Waals surface area contributed by atoms with E-state index in [0.29, 0.717) is 12.0 Å². The lowest BCUT2D eigenvalue weighted by Gasteiger charge is -2.04. The van der Waals surface area contributed by atoms with Gasteiger partial charge < -0.3 is 0 Å². The molecule has 0 aliphatic carbocycles. The van der Waals surface area contributed by atoms with E-state index in [1.54, 1.807) is 6.92 Å². The zero-order chi connectivity index (χ0) is 10.7. The molecule has 1 nitrogen and oxygen atoms in total. The highest BCUT2D eigenvalue weighted by atomic mass is 35.5. The molecule has 14 heavy (non-hydrogen) atoms. The first-order valence-electron chi connectivity index (χ1n) is 4.17. The minimum Gasteiger partial charge on any atom is -0.294 e. The van der Waals surface area contributed by atoms with E-state index < -0.39 is 6.43 Å². The van der Waals surface area contributed by atoms with Gasteiger partial charge in [0.1, 0.15) is 0 Å². The van der Waals surface area contributed by atoms with Crippen LogP contribution in [0.25, 0.3) is 0 Å². The van der Waals surface area contributed by atoms with Crippen molar-refractivity contribution in [3.05, 3.63) is 34.3 Å². The van der Waals surface area contributed by atoms with Gasteiger partial charge in [-0.15, -0.1) is 0 Å². The molecule has 76 valence electrons. The zero-order valence-electron chi connectivity index (χ0n) is 7.56. The lowest BCUT2D eigenvalue weighted by molar-refractivity contribution is 0.0987. The summed E-state index contributed by atoms with van der Waals surface area (Å²) in [6.07, 6.45) is -2.24. The van der Waals surface area contributed by atoms with Gasteiger partial charge in [-0.05, 0) is 12.1 Å². The molecule has 0 aliphatic rings. The van der Waals surface area contributed by atoms with Crippen LogP contribution in [0.15, 0.2) is 18.2 Å². The summed E-state index contributed by atoms with van der Waals surface area (Å²) in [5, 5.41) is 0.0923. The number of halogens is 3. The Morgan fingerprint density at radius 2 is 2.14 bits per heavy atom. The van der Waals surface area contributed by atoms with Crippen LogP contribution in [0.1, 0.15) is 35.7 Å². The third-order valence-electron chi connectivity index (χ3n) is 1.87. The standard InChI is InChI=1S/C10H9ClF2O/c1-2-9(14)7-4-3-6(10(12)13)5-8(7)11/h3-5,10H,2H2,1H3. The summed E-state index contributed by atoms with van der Waals surface area (Å²) in [6, 6.07) is 3.70. The molecule has 0 saturated heterocycles. The predicted octanol–water partition coefficient (Wildman–Crippen LogP) is 3.87. The van der Waals surface area contributed by atoms with Crippen molar-refractivity contribution in [2.45, 2.75) is 19.8 Å². The maximum atomic E-state index is 12.2. The van der Waals surface area contributed by atoms with Crippen molar-refractivity contribution in [3.8, 4) is 0 Å². The van der Waals surface area contributed by atoms with E-state index in [-0.39, 0.29) is 16.4 Å². The van der Waals surface area contributed by atoms with E-state index in [1.165, 1.54) is 12.1 Å². The smallest absolute Gasteiger partial charge is 0.263 e. The molecule has 1 aromatic carbocycles. The summed E-state index contributed by atoms with van der Waals surface area (Å²) in [5.74, 6) is -0.143. The monoisotopic (exact) mass is 218 g/mol. The molecule has 0 bridgehead atoms. The molecule has 0 heterocycles. The number of benzene rings is 1. The van der Waals surface area contributed by atoms with Gasteiger partial charge in [-0.1, -0.05) is 24.6 Å². The summed E-state index contributed by atoms with van der Waals surface area (Å²) in [4.78, 5) is 11.2. The molecule has 0 aromatic heterocycles. The van der Waals surface area contributed by atoms with Crippen LogP contribution >= 0.6 is 11.6 Å². The molecule has 0 amide bonds.